The number of ether oxygens (including phenoxy) is 1. The van der Waals surface area contributed by atoms with E-state index in [9.17, 15) is 9.59 Å². The van der Waals surface area contributed by atoms with Gasteiger partial charge in [-0.15, -0.1) is 10.2 Å². The van der Waals surface area contributed by atoms with E-state index in [1.54, 1.807) is 25.1 Å². The van der Waals surface area contributed by atoms with Crippen molar-refractivity contribution in [3.8, 4) is 5.75 Å². The molecule has 0 unspecified atom stereocenters. The zero-order valence-electron chi connectivity index (χ0n) is 18.3. The minimum Gasteiger partial charge on any atom is -0.494 e. The average molecular weight is 489 g/mol. The summed E-state index contributed by atoms with van der Waals surface area (Å²) in [5, 5.41) is 15.7. The van der Waals surface area contributed by atoms with Crippen LogP contribution in [-0.4, -0.2) is 70.6 Å². The first-order valence-electron chi connectivity index (χ1n) is 10.5. The molecule has 174 valence electrons. The number of thioether (sulfide) groups is 1. The number of rotatable bonds is 8. The van der Waals surface area contributed by atoms with Crippen LogP contribution in [0.5, 0.6) is 5.75 Å². The maximum absolute atomic E-state index is 12.8. The number of benzene rings is 1. The van der Waals surface area contributed by atoms with E-state index in [1.165, 1.54) is 23.1 Å². The molecule has 1 aliphatic rings. The minimum atomic E-state index is -0.188. The van der Waals surface area contributed by atoms with Gasteiger partial charge in [-0.2, -0.15) is 0 Å². The number of carbonyl (C=O) groups excluding carboxylic acids is 2. The lowest BCUT2D eigenvalue weighted by Crippen LogP contribution is -2.48. The lowest BCUT2D eigenvalue weighted by Gasteiger charge is -2.34. The van der Waals surface area contributed by atoms with Crippen LogP contribution >= 0.6 is 23.1 Å². The number of aromatic nitrogens is 3. The Balaban J connectivity index is 1.24. The van der Waals surface area contributed by atoms with Gasteiger partial charge in [0, 0.05) is 37.8 Å². The van der Waals surface area contributed by atoms with Gasteiger partial charge in [-0.3, -0.25) is 9.59 Å². The van der Waals surface area contributed by atoms with Crippen LogP contribution in [0.15, 0.2) is 39.2 Å². The molecule has 0 atom stereocenters. The fraction of sp³-hybridized carbons (Fsp3) is 0.381. The summed E-state index contributed by atoms with van der Waals surface area (Å²) in [6, 6.07) is 8.90. The number of piperazine rings is 1. The molecule has 1 N–H and O–H groups in total. The van der Waals surface area contributed by atoms with Crippen LogP contribution in [0.1, 0.15) is 23.0 Å². The van der Waals surface area contributed by atoms with Crippen molar-refractivity contribution in [1.29, 1.82) is 0 Å². The molecule has 12 heteroatoms. The third-order valence-corrected chi connectivity index (χ3v) is 6.99. The van der Waals surface area contributed by atoms with Crippen LogP contribution in [0.25, 0.3) is 0 Å². The van der Waals surface area contributed by atoms with Gasteiger partial charge in [-0.25, -0.2) is 0 Å². The maximum Gasteiger partial charge on any atom is 0.253 e. The van der Waals surface area contributed by atoms with E-state index in [2.05, 4.69) is 25.6 Å². The summed E-state index contributed by atoms with van der Waals surface area (Å²) >= 11 is 2.76. The van der Waals surface area contributed by atoms with Crippen molar-refractivity contribution in [3.63, 3.8) is 0 Å². The number of nitrogens with zero attached hydrogens (tertiary/aromatic N) is 5. The molecular weight excluding hydrogens is 464 g/mol. The highest BCUT2D eigenvalue weighted by molar-refractivity contribution is 8.01. The van der Waals surface area contributed by atoms with Crippen molar-refractivity contribution >= 4 is 45.9 Å². The quantitative estimate of drug-likeness (QED) is 0.478. The molecule has 4 rings (SSSR count). The molecule has 3 heterocycles. The lowest BCUT2D eigenvalue weighted by atomic mass is 10.1. The van der Waals surface area contributed by atoms with Crippen LogP contribution in [0.2, 0.25) is 0 Å². The van der Waals surface area contributed by atoms with Gasteiger partial charge in [0.25, 0.3) is 5.91 Å². The van der Waals surface area contributed by atoms with Crippen LogP contribution in [0, 0.1) is 6.92 Å². The van der Waals surface area contributed by atoms with Crippen molar-refractivity contribution in [2.45, 2.75) is 18.2 Å². The van der Waals surface area contributed by atoms with Crippen LogP contribution in [-0.2, 0) is 4.79 Å². The van der Waals surface area contributed by atoms with E-state index in [4.69, 9.17) is 9.26 Å². The predicted molar refractivity (Wildman–Crippen MR) is 126 cm³/mol. The molecule has 0 bridgehead atoms. The Labute approximate surface area is 199 Å². The summed E-state index contributed by atoms with van der Waals surface area (Å²) < 4.78 is 11.1. The second kappa shape index (κ2) is 10.7. The van der Waals surface area contributed by atoms with Gasteiger partial charge in [0.1, 0.15) is 11.5 Å². The monoisotopic (exact) mass is 488 g/mol. The summed E-state index contributed by atoms with van der Waals surface area (Å²) in [4.78, 5) is 28.8. The molecule has 2 amide bonds. The third kappa shape index (κ3) is 6.02. The molecule has 1 aliphatic heterocycles. The Kier molecular flexibility index (Phi) is 7.45. The first-order chi connectivity index (χ1) is 16.0. The van der Waals surface area contributed by atoms with Gasteiger partial charge in [0.2, 0.25) is 11.0 Å². The van der Waals surface area contributed by atoms with E-state index in [1.807, 2.05) is 24.0 Å². The molecule has 2 aromatic heterocycles. The maximum atomic E-state index is 12.8. The topological polar surface area (TPSA) is 114 Å². The average Bonchev–Trinajstić information content (AvgIpc) is 3.47. The number of anilines is 2. The second-order valence-electron chi connectivity index (χ2n) is 7.25. The highest BCUT2D eigenvalue weighted by atomic mass is 32.2. The van der Waals surface area contributed by atoms with Crippen molar-refractivity contribution in [3.05, 3.63) is 41.7 Å². The fourth-order valence-electron chi connectivity index (χ4n) is 3.26. The van der Waals surface area contributed by atoms with Crippen LogP contribution in [0.4, 0.5) is 10.9 Å². The summed E-state index contributed by atoms with van der Waals surface area (Å²) in [5.41, 5.74) is 0.653. The Morgan fingerprint density at radius 2 is 1.94 bits per heavy atom. The Hall–Kier alpha value is -3.12. The molecule has 0 spiro atoms. The number of carbonyl (C=O) groups is 2. The van der Waals surface area contributed by atoms with Gasteiger partial charge >= 0.3 is 0 Å². The molecule has 33 heavy (non-hydrogen) atoms. The molecular formula is C21H24N6O4S2. The number of amides is 2. The molecule has 1 aromatic carbocycles. The second-order valence-corrected chi connectivity index (χ2v) is 9.43. The molecule has 0 saturated carbocycles. The molecule has 3 aromatic rings. The van der Waals surface area contributed by atoms with Gasteiger partial charge in [-0.05, 0) is 38.1 Å². The van der Waals surface area contributed by atoms with Gasteiger partial charge in [-0.1, -0.05) is 28.3 Å². The van der Waals surface area contributed by atoms with Gasteiger partial charge in [0.05, 0.1) is 12.4 Å². The minimum absolute atomic E-state index is 0.0134. The SMILES string of the molecule is CCOc1ccc(C(=O)N2CCN(c3nnc(SCC(=O)Nc4cc(C)on4)s3)CC2)cc1. The Morgan fingerprint density at radius 3 is 2.61 bits per heavy atom. The molecule has 0 radical (unpaired) electrons. The smallest absolute Gasteiger partial charge is 0.253 e. The number of hydrogen-bond acceptors (Lipinski definition) is 10. The van der Waals surface area contributed by atoms with Crippen molar-refractivity contribution in [2.24, 2.45) is 0 Å². The largest absolute Gasteiger partial charge is 0.494 e. The van der Waals surface area contributed by atoms with Crippen molar-refractivity contribution in [1.82, 2.24) is 20.3 Å². The fourth-order valence-corrected chi connectivity index (χ4v) is 4.96. The normalized spacial score (nSPS) is 13.8. The van der Waals surface area contributed by atoms with E-state index < -0.39 is 0 Å². The van der Waals surface area contributed by atoms with Gasteiger partial charge < -0.3 is 24.4 Å². The number of aryl methyl sites for hydroxylation is 1. The predicted octanol–water partition coefficient (Wildman–Crippen LogP) is 2.93. The van der Waals surface area contributed by atoms with E-state index in [0.29, 0.717) is 54.3 Å². The third-order valence-electron chi connectivity index (χ3n) is 4.87. The molecule has 0 aliphatic carbocycles. The Bertz CT molecular complexity index is 1090. The van der Waals surface area contributed by atoms with Crippen molar-refractivity contribution < 1.29 is 18.8 Å². The van der Waals surface area contributed by atoms with Gasteiger partial charge in [0.15, 0.2) is 10.2 Å². The summed E-state index contributed by atoms with van der Waals surface area (Å²) in [6.45, 7) is 6.84. The standard InChI is InChI=1S/C21H24N6O4S2/c1-3-30-16-6-4-15(5-7-16)19(29)26-8-10-27(11-9-26)20-23-24-21(33-20)32-13-18(28)22-17-12-14(2)31-25-17/h4-7,12H,3,8-11,13H2,1-2H3,(H,22,25,28). The molecule has 1 saturated heterocycles. The van der Waals surface area contributed by atoms with Crippen LogP contribution in [0.3, 0.4) is 0 Å². The lowest BCUT2D eigenvalue weighted by molar-refractivity contribution is -0.113. The summed E-state index contributed by atoms with van der Waals surface area (Å²) in [5.74, 6) is 1.81. The Morgan fingerprint density at radius 1 is 1.18 bits per heavy atom. The first-order valence-corrected chi connectivity index (χ1v) is 12.3. The first kappa shape index (κ1) is 23.1. The highest BCUT2D eigenvalue weighted by Crippen LogP contribution is 2.29. The van der Waals surface area contributed by atoms with Crippen molar-refractivity contribution in [2.75, 3.05) is 48.8 Å². The number of nitrogens with one attached hydrogen (secondary N) is 1. The highest BCUT2D eigenvalue weighted by Gasteiger charge is 2.24. The number of hydrogen-bond donors (Lipinski definition) is 1. The molecule has 10 nitrogen and oxygen atoms in total. The van der Waals surface area contributed by atoms with E-state index >= 15 is 0 Å². The summed E-state index contributed by atoms with van der Waals surface area (Å²) in [7, 11) is 0. The van der Waals surface area contributed by atoms with E-state index in [0.717, 1.165) is 10.9 Å². The zero-order valence-corrected chi connectivity index (χ0v) is 19.9. The zero-order chi connectivity index (χ0) is 23.2. The van der Waals surface area contributed by atoms with E-state index in [-0.39, 0.29) is 17.6 Å². The van der Waals surface area contributed by atoms with Crippen LogP contribution < -0.4 is 15.0 Å². The molecule has 1 fully saturated rings. The summed E-state index contributed by atoms with van der Waals surface area (Å²) in [6.07, 6.45) is 0.